The number of rotatable bonds is 5. The molecule has 104 valence electrons. The van der Waals surface area contributed by atoms with Crippen LogP contribution in [0.3, 0.4) is 0 Å². The van der Waals surface area contributed by atoms with E-state index < -0.39 is 0 Å². The molecule has 0 radical (unpaired) electrons. The largest absolute Gasteiger partial charge is 0.311 e. The molecule has 4 heteroatoms. The highest BCUT2D eigenvalue weighted by molar-refractivity contribution is 5.25. The van der Waals surface area contributed by atoms with Gasteiger partial charge in [-0.3, -0.25) is 9.78 Å². The molecule has 0 atom stereocenters. The third-order valence-corrected chi connectivity index (χ3v) is 3.81. The topological polar surface area (TPSA) is 46.9 Å². The van der Waals surface area contributed by atoms with Crippen LogP contribution in [0.4, 0.5) is 0 Å². The molecular weight excluding hydrogens is 250 g/mol. The molecule has 20 heavy (non-hydrogen) atoms. The Labute approximate surface area is 118 Å². The van der Waals surface area contributed by atoms with Crippen molar-refractivity contribution in [3.8, 4) is 0 Å². The summed E-state index contributed by atoms with van der Waals surface area (Å²) in [5, 5.41) is 3.37. The van der Waals surface area contributed by atoms with Crippen LogP contribution in [0.5, 0.6) is 0 Å². The summed E-state index contributed by atoms with van der Waals surface area (Å²) in [7, 11) is 0. The van der Waals surface area contributed by atoms with E-state index >= 15 is 0 Å². The molecule has 0 saturated carbocycles. The third kappa shape index (κ3) is 2.80. The van der Waals surface area contributed by atoms with Crippen LogP contribution in [-0.2, 0) is 25.9 Å². The van der Waals surface area contributed by atoms with Gasteiger partial charge in [-0.2, -0.15) is 0 Å². The number of hydrogen-bond acceptors (Lipinski definition) is 3. The summed E-state index contributed by atoms with van der Waals surface area (Å²) in [6.07, 6.45) is 6.95. The van der Waals surface area contributed by atoms with Gasteiger partial charge in [0.1, 0.15) is 0 Å². The molecule has 0 amide bonds. The Hall–Kier alpha value is -1.94. The first-order chi connectivity index (χ1) is 9.84. The summed E-state index contributed by atoms with van der Waals surface area (Å²) in [4.78, 5) is 16.1. The third-order valence-electron chi connectivity index (χ3n) is 3.81. The van der Waals surface area contributed by atoms with E-state index in [-0.39, 0.29) is 5.56 Å². The number of aromatic nitrogens is 2. The molecule has 2 heterocycles. The minimum Gasteiger partial charge on any atom is -0.311 e. The fourth-order valence-corrected chi connectivity index (χ4v) is 2.81. The van der Waals surface area contributed by atoms with Crippen molar-refractivity contribution < 1.29 is 0 Å². The van der Waals surface area contributed by atoms with E-state index in [0.717, 1.165) is 38.0 Å². The van der Waals surface area contributed by atoms with Gasteiger partial charge in [-0.05, 0) is 36.5 Å². The van der Waals surface area contributed by atoms with Crippen molar-refractivity contribution in [2.24, 2.45) is 0 Å². The molecule has 1 N–H and O–H groups in total. The molecule has 1 aliphatic rings. The Balaban J connectivity index is 1.59. The molecule has 2 aromatic heterocycles. The summed E-state index contributed by atoms with van der Waals surface area (Å²) >= 11 is 0. The average molecular weight is 269 g/mol. The fourth-order valence-electron chi connectivity index (χ4n) is 2.81. The molecule has 3 rings (SSSR count). The highest BCUT2D eigenvalue weighted by atomic mass is 16.1. The highest BCUT2D eigenvalue weighted by Gasteiger charge is 2.15. The molecule has 2 aromatic rings. The van der Waals surface area contributed by atoms with Gasteiger partial charge >= 0.3 is 0 Å². The lowest BCUT2D eigenvalue weighted by molar-refractivity contribution is 0.569. The van der Waals surface area contributed by atoms with E-state index in [9.17, 15) is 4.79 Å². The van der Waals surface area contributed by atoms with Crippen LogP contribution in [0.15, 0.2) is 41.5 Å². The van der Waals surface area contributed by atoms with Crippen molar-refractivity contribution in [1.29, 1.82) is 0 Å². The quantitative estimate of drug-likeness (QED) is 0.837. The van der Waals surface area contributed by atoms with Crippen molar-refractivity contribution in [3.05, 3.63) is 63.8 Å². The SMILES string of the molecule is O=c1ccc2c(n1CCNCc1cccnc1)CCC2. The molecule has 0 saturated heterocycles. The lowest BCUT2D eigenvalue weighted by atomic mass is 10.2. The summed E-state index contributed by atoms with van der Waals surface area (Å²) in [6.45, 7) is 2.32. The van der Waals surface area contributed by atoms with Crippen LogP contribution in [0.25, 0.3) is 0 Å². The minimum atomic E-state index is 0.119. The van der Waals surface area contributed by atoms with Gasteiger partial charge in [0.25, 0.3) is 5.56 Å². The summed E-state index contributed by atoms with van der Waals surface area (Å²) in [5.41, 5.74) is 3.87. The summed E-state index contributed by atoms with van der Waals surface area (Å²) in [6, 6.07) is 7.67. The van der Waals surface area contributed by atoms with E-state index in [1.54, 1.807) is 12.3 Å². The van der Waals surface area contributed by atoms with Gasteiger partial charge in [0.05, 0.1) is 0 Å². The van der Waals surface area contributed by atoms with Crippen molar-refractivity contribution in [2.45, 2.75) is 32.4 Å². The lowest BCUT2D eigenvalue weighted by Crippen LogP contribution is -2.28. The van der Waals surface area contributed by atoms with Crippen molar-refractivity contribution in [3.63, 3.8) is 0 Å². The Morgan fingerprint density at radius 1 is 1.25 bits per heavy atom. The Kier molecular flexibility index (Phi) is 3.92. The Morgan fingerprint density at radius 2 is 2.20 bits per heavy atom. The van der Waals surface area contributed by atoms with E-state index in [0.29, 0.717) is 0 Å². The van der Waals surface area contributed by atoms with Crippen LogP contribution < -0.4 is 10.9 Å². The van der Waals surface area contributed by atoms with Gasteiger partial charge in [0, 0.05) is 43.8 Å². The van der Waals surface area contributed by atoms with E-state index in [1.165, 1.54) is 17.7 Å². The van der Waals surface area contributed by atoms with Gasteiger partial charge in [-0.1, -0.05) is 12.1 Å². The first-order valence-corrected chi connectivity index (χ1v) is 7.16. The molecule has 0 aromatic carbocycles. The Bertz CT molecular complexity index is 634. The molecule has 0 bridgehead atoms. The maximum atomic E-state index is 12.0. The van der Waals surface area contributed by atoms with Crippen LogP contribution in [0, 0.1) is 0 Å². The number of nitrogens with one attached hydrogen (secondary N) is 1. The maximum absolute atomic E-state index is 12.0. The monoisotopic (exact) mass is 269 g/mol. The van der Waals surface area contributed by atoms with Gasteiger partial charge in [0.2, 0.25) is 0 Å². The van der Waals surface area contributed by atoms with E-state index in [4.69, 9.17) is 0 Å². The fraction of sp³-hybridized carbons (Fsp3) is 0.375. The molecule has 0 spiro atoms. The average Bonchev–Trinajstić information content (AvgIpc) is 2.95. The molecule has 0 fully saturated rings. The van der Waals surface area contributed by atoms with Gasteiger partial charge < -0.3 is 9.88 Å². The van der Waals surface area contributed by atoms with Crippen LogP contribution in [0.1, 0.15) is 23.2 Å². The van der Waals surface area contributed by atoms with Gasteiger partial charge in [-0.25, -0.2) is 0 Å². The van der Waals surface area contributed by atoms with Gasteiger partial charge in [-0.15, -0.1) is 0 Å². The van der Waals surface area contributed by atoms with E-state index in [2.05, 4.69) is 10.3 Å². The van der Waals surface area contributed by atoms with Crippen LogP contribution in [0.2, 0.25) is 0 Å². The molecule has 4 nitrogen and oxygen atoms in total. The van der Waals surface area contributed by atoms with Crippen LogP contribution >= 0.6 is 0 Å². The first-order valence-electron chi connectivity index (χ1n) is 7.16. The number of pyridine rings is 2. The molecular formula is C16H19N3O. The zero-order chi connectivity index (χ0) is 13.8. The highest BCUT2D eigenvalue weighted by Crippen LogP contribution is 2.19. The zero-order valence-corrected chi connectivity index (χ0v) is 11.5. The van der Waals surface area contributed by atoms with Crippen molar-refractivity contribution in [2.75, 3.05) is 6.54 Å². The predicted octanol–water partition coefficient (Wildman–Crippen LogP) is 1.52. The van der Waals surface area contributed by atoms with E-state index in [1.807, 2.05) is 29.0 Å². The second-order valence-corrected chi connectivity index (χ2v) is 5.19. The van der Waals surface area contributed by atoms with Crippen molar-refractivity contribution >= 4 is 0 Å². The number of hydrogen-bond donors (Lipinski definition) is 1. The standard InChI is InChI=1S/C16H19N3O/c20-16-7-6-14-4-1-5-15(14)19(16)10-9-18-12-13-3-2-8-17-11-13/h2-3,6-8,11,18H,1,4-5,9-10,12H2. The predicted molar refractivity (Wildman–Crippen MR) is 78.7 cm³/mol. The molecule has 1 aliphatic carbocycles. The summed E-state index contributed by atoms with van der Waals surface area (Å²) < 4.78 is 1.93. The Morgan fingerprint density at radius 3 is 3.05 bits per heavy atom. The minimum absolute atomic E-state index is 0.119. The number of fused-ring (bicyclic) bond motifs is 1. The number of nitrogens with zero attached hydrogens (tertiary/aromatic N) is 2. The normalized spacial score (nSPS) is 13.4. The number of aryl methyl sites for hydroxylation is 1. The second kappa shape index (κ2) is 6.01. The molecule has 0 unspecified atom stereocenters. The van der Waals surface area contributed by atoms with Gasteiger partial charge in [0.15, 0.2) is 0 Å². The molecule has 0 aliphatic heterocycles. The maximum Gasteiger partial charge on any atom is 0.250 e. The van der Waals surface area contributed by atoms with Crippen molar-refractivity contribution in [1.82, 2.24) is 14.9 Å². The van der Waals surface area contributed by atoms with Crippen LogP contribution in [-0.4, -0.2) is 16.1 Å². The lowest BCUT2D eigenvalue weighted by Gasteiger charge is -2.12. The second-order valence-electron chi connectivity index (χ2n) is 5.19. The first kappa shape index (κ1) is 13.1. The zero-order valence-electron chi connectivity index (χ0n) is 11.5. The smallest absolute Gasteiger partial charge is 0.250 e. The summed E-state index contributed by atoms with van der Waals surface area (Å²) in [5.74, 6) is 0.